The first kappa shape index (κ1) is 14.7. The van der Waals surface area contributed by atoms with E-state index in [1.165, 1.54) is 25.6 Å². The molecule has 0 saturated carbocycles. The smallest absolute Gasteiger partial charge is 0.271 e. The molecule has 0 radical (unpaired) electrons. The molecule has 1 aromatic carbocycles. The van der Waals surface area contributed by atoms with Crippen LogP contribution >= 0.6 is 11.3 Å². The molecule has 1 heterocycles. The molecule has 0 fully saturated rings. The standard InChI is InChI=1S/C13H15NO4S2/c1-9-7-11(17-2)12(18-3)8-10(9)14-20(15,16)13-5-4-6-19-13/h4-8,14H,1-3H3. The van der Waals surface area contributed by atoms with E-state index in [2.05, 4.69) is 4.72 Å². The van der Waals surface area contributed by atoms with Gasteiger partial charge in [-0.15, -0.1) is 11.3 Å². The van der Waals surface area contributed by atoms with Crippen LogP contribution in [0.15, 0.2) is 33.9 Å². The quantitative estimate of drug-likeness (QED) is 0.922. The molecule has 0 amide bonds. The van der Waals surface area contributed by atoms with Crippen LogP contribution in [0.1, 0.15) is 5.56 Å². The minimum absolute atomic E-state index is 0.270. The van der Waals surface area contributed by atoms with Crippen molar-refractivity contribution in [2.75, 3.05) is 18.9 Å². The summed E-state index contributed by atoms with van der Waals surface area (Å²) in [7, 11) is -0.526. The van der Waals surface area contributed by atoms with E-state index in [0.717, 1.165) is 5.56 Å². The lowest BCUT2D eigenvalue weighted by Crippen LogP contribution is -2.12. The molecule has 1 N–H and O–H groups in total. The van der Waals surface area contributed by atoms with Gasteiger partial charge in [-0.3, -0.25) is 4.72 Å². The Hall–Kier alpha value is -1.73. The summed E-state index contributed by atoms with van der Waals surface area (Å²) in [6.07, 6.45) is 0. The summed E-state index contributed by atoms with van der Waals surface area (Å²) >= 11 is 1.17. The number of ether oxygens (including phenoxy) is 2. The van der Waals surface area contributed by atoms with Gasteiger partial charge in [0.15, 0.2) is 11.5 Å². The highest BCUT2D eigenvalue weighted by atomic mass is 32.2. The number of benzene rings is 1. The van der Waals surface area contributed by atoms with Crippen LogP contribution < -0.4 is 14.2 Å². The van der Waals surface area contributed by atoms with E-state index in [-0.39, 0.29) is 4.21 Å². The van der Waals surface area contributed by atoms with E-state index < -0.39 is 10.0 Å². The number of aryl methyl sites for hydroxylation is 1. The molecule has 108 valence electrons. The third-order valence-corrected chi connectivity index (χ3v) is 5.50. The van der Waals surface area contributed by atoms with Gasteiger partial charge in [0, 0.05) is 6.07 Å². The van der Waals surface area contributed by atoms with E-state index in [4.69, 9.17) is 9.47 Å². The van der Waals surface area contributed by atoms with Gasteiger partial charge in [-0.25, -0.2) is 8.42 Å². The Labute approximate surface area is 122 Å². The maximum Gasteiger partial charge on any atom is 0.271 e. The van der Waals surface area contributed by atoms with Crippen LogP contribution in [-0.2, 0) is 10.0 Å². The lowest BCUT2D eigenvalue weighted by Gasteiger charge is -2.14. The molecular formula is C13H15NO4S2. The van der Waals surface area contributed by atoms with Crippen LogP contribution in [0.5, 0.6) is 11.5 Å². The van der Waals surface area contributed by atoms with Gasteiger partial charge >= 0.3 is 0 Å². The fraction of sp³-hybridized carbons (Fsp3) is 0.231. The summed E-state index contributed by atoms with van der Waals surface area (Å²) in [4.78, 5) is 0. The third kappa shape index (κ3) is 2.88. The zero-order chi connectivity index (χ0) is 14.8. The Balaban J connectivity index is 2.39. The maximum atomic E-state index is 12.2. The molecule has 0 spiro atoms. The van der Waals surface area contributed by atoms with E-state index in [1.54, 1.807) is 36.6 Å². The SMILES string of the molecule is COc1cc(C)c(NS(=O)(=O)c2cccs2)cc1OC. The molecule has 1 aromatic heterocycles. The molecule has 5 nitrogen and oxygen atoms in total. The van der Waals surface area contributed by atoms with Crippen molar-refractivity contribution >= 4 is 27.0 Å². The average Bonchev–Trinajstić information content (AvgIpc) is 2.95. The van der Waals surface area contributed by atoms with Gasteiger partial charge in [0.1, 0.15) is 4.21 Å². The first-order valence-electron chi connectivity index (χ1n) is 5.77. The van der Waals surface area contributed by atoms with Crippen molar-refractivity contribution in [2.45, 2.75) is 11.1 Å². The fourth-order valence-corrected chi connectivity index (χ4v) is 3.82. The number of rotatable bonds is 5. The van der Waals surface area contributed by atoms with E-state index in [1.807, 2.05) is 0 Å². The number of hydrogen-bond acceptors (Lipinski definition) is 5. The molecule has 0 aliphatic carbocycles. The molecule has 0 unspecified atom stereocenters. The Bertz CT molecular complexity index is 693. The summed E-state index contributed by atoms with van der Waals surface area (Å²) in [5.41, 5.74) is 1.22. The van der Waals surface area contributed by atoms with Gasteiger partial charge < -0.3 is 9.47 Å². The van der Waals surface area contributed by atoms with Crippen molar-refractivity contribution in [1.82, 2.24) is 0 Å². The van der Waals surface area contributed by atoms with E-state index >= 15 is 0 Å². The lowest BCUT2D eigenvalue weighted by atomic mass is 10.2. The number of hydrogen-bond donors (Lipinski definition) is 1. The Morgan fingerprint density at radius 2 is 1.80 bits per heavy atom. The molecule has 0 aliphatic heterocycles. The van der Waals surface area contributed by atoms with E-state index in [9.17, 15) is 8.42 Å². The van der Waals surface area contributed by atoms with Crippen molar-refractivity contribution in [3.05, 3.63) is 35.2 Å². The lowest BCUT2D eigenvalue weighted by molar-refractivity contribution is 0.355. The van der Waals surface area contributed by atoms with Crippen molar-refractivity contribution < 1.29 is 17.9 Å². The molecule has 7 heteroatoms. The van der Waals surface area contributed by atoms with Crippen LogP contribution in [0, 0.1) is 6.92 Å². The molecule has 0 atom stereocenters. The Morgan fingerprint density at radius 3 is 2.35 bits per heavy atom. The van der Waals surface area contributed by atoms with Crippen molar-refractivity contribution in [3.8, 4) is 11.5 Å². The van der Waals surface area contributed by atoms with Crippen molar-refractivity contribution in [1.29, 1.82) is 0 Å². The second-order valence-corrected chi connectivity index (χ2v) is 6.92. The van der Waals surface area contributed by atoms with Gasteiger partial charge in [-0.2, -0.15) is 0 Å². The van der Waals surface area contributed by atoms with Gasteiger partial charge in [0.2, 0.25) is 0 Å². The molecule has 20 heavy (non-hydrogen) atoms. The zero-order valence-electron chi connectivity index (χ0n) is 11.3. The number of methoxy groups -OCH3 is 2. The number of thiophene rings is 1. The highest BCUT2D eigenvalue weighted by Gasteiger charge is 2.18. The zero-order valence-corrected chi connectivity index (χ0v) is 13.0. The first-order valence-corrected chi connectivity index (χ1v) is 8.13. The minimum atomic E-state index is -3.56. The summed E-state index contributed by atoms with van der Waals surface area (Å²) in [5.74, 6) is 1.03. The number of sulfonamides is 1. The van der Waals surface area contributed by atoms with Gasteiger partial charge in [0.25, 0.3) is 10.0 Å². The predicted octanol–water partition coefficient (Wildman–Crippen LogP) is 2.87. The van der Waals surface area contributed by atoms with Crippen LogP contribution in [0.2, 0.25) is 0 Å². The van der Waals surface area contributed by atoms with Crippen molar-refractivity contribution in [2.24, 2.45) is 0 Å². The second kappa shape index (κ2) is 5.72. The summed E-state index contributed by atoms with van der Waals surface area (Å²) in [6.45, 7) is 1.80. The fourth-order valence-electron chi connectivity index (χ4n) is 1.70. The third-order valence-electron chi connectivity index (χ3n) is 2.73. The molecule has 2 aromatic rings. The average molecular weight is 313 g/mol. The molecule has 0 saturated heterocycles. The van der Waals surface area contributed by atoms with E-state index in [0.29, 0.717) is 17.2 Å². The maximum absolute atomic E-state index is 12.2. The van der Waals surface area contributed by atoms with Crippen LogP contribution in [-0.4, -0.2) is 22.6 Å². The van der Waals surface area contributed by atoms with Gasteiger partial charge in [-0.1, -0.05) is 6.07 Å². The largest absolute Gasteiger partial charge is 0.493 e. The Morgan fingerprint density at radius 1 is 1.15 bits per heavy atom. The minimum Gasteiger partial charge on any atom is -0.493 e. The predicted molar refractivity (Wildman–Crippen MR) is 79.4 cm³/mol. The second-order valence-electron chi connectivity index (χ2n) is 4.06. The van der Waals surface area contributed by atoms with Gasteiger partial charge in [-0.05, 0) is 30.0 Å². The normalized spacial score (nSPS) is 11.2. The van der Waals surface area contributed by atoms with Crippen LogP contribution in [0.25, 0.3) is 0 Å². The highest BCUT2D eigenvalue weighted by molar-refractivity contribution is 7.94. The van der Waals surface area contributed by atoms with Crippen molar-refractivity contribution in [3.63, 3.8) is 0 Å². The molecule has 2 rings (SSSR count). The van der Waals surface area contributed by atoms with Crippen LogP contribution in [0.3, 0.4) is 0 Å². The highest BCUT2D eigenvalue weighted by Crippen LogP contribution is 2.34. The molecule has 0 aliphatic rings. The monoisotopic (exact) mass is 313 g/mol. The number of nitrogens with one attached hydrogen (secondary N) is 1. The summed E-state index contributed by atoms with van der Waals surface area (Å²) in [6, 6.07) is 6.59. The summed E-state index contributed by atoms with van der Waals surface area (Å²) < 4.78 is 37.6. The topological polar surface area (TPSA) is 64.6 Å². The summed E-state index contributed by atoms with van der Waals surface area (Å²) in [5, 5.41) is 1.72. The Kier molecular flexibility index (Phi) is 4.20. The number of anilines is 1. The molecular weight excluding hydrogens is 298 g/mol. The first-order chi connectivity index (χ1) is 9.47. The van der Waals surface area contributed by atoms with Gasteiger partial charge in [0.05, 0.1) is 19.9 Å². The molecule has 0 bridgehead atoms. The van der Waals surface area contributed by atoms with Crippen LogP contribution in [0.4, 0.5) is 5.69 Å².